The van der Waals surface area contributed by atoms with E-state index in [1.807, 2.05) is 51.1 Å². The smallest absolute Gasteiger partial charge is 0.417 e. The molecule has 0 N–H and O–H groups in total. The normalized spacial score (nSPS) is 25.7. The van der Waals surface area contributed by atoms with Crippen molar-refractivity contribution >= 4 is 5.97 Å². The quantitative estimate of drug-likeness (QED) is 0.697. The molecule has 0 unspecified atom stereocenters. The molecule has 4 nitrogen and oxygen atoms in total. The number of hydrazine groups is 1. The van der Waals surface area contributed by atoms with Crippen molar-refractivity contribution in [1.29, 1.82) is 0 Å². The number of carbonyl (C=O) groups excluding carboxylic acids is 1. The number of alkyl halides is 3. The summed E-state index contributed by atoms with van der Waals surface area (Å²) in [6.07, 6.45) is -4.07. The highest BCUT2D eigenvalue weighted by Crippen LogP contribution is 2.62. The fourth-order valence-corrected chi connectivity index (χ4v) is 4.76. The van der Waals surface area contributed by atoms with E-state index in [0.29, 0.717) is 6.42 Å². The van der Waals surface area contributed by atoms with Crippen LogP contribution in [0.3, 0.4) is 0 Å². The van der Waals surface area contributed by atoms with Gasteiger partial charge in [0.1, 0.15) is 0 Å². The zero-order chi connectivity index (χ0) is 20.4. The molecular formula is C21H23F3N2O2. The van der Waals surface area contributed by atoms with Crippen molar-refractivity contribution in [3.05, 3.63) is 58.4 Å². The maximum atomic E-state index is 14.2. The lowest BCUT2D eigenvalue weighted by atomic mass is 9.77. The van der Waals surface area contributed by atoms with E-state index in [0.717, 1.165) is 16.8 Å². The number of carbonyl (C=O) groups is 1. The number of benzene rings is 1. The minimum absolute atomic E-state index is 0.0209. The molecule has 28 heavy (non-hydrogen) atoms. The van der Waals surface area contributed by atoms with Crippen LogP contribution < -0.4 is 0 Å². The summed E-state index contributed by atoms with van der Waals surface area (Å²) in [4.78, 5) is 12.7. The molecule has 2 atom stereocenters. The van der Waals surface area contributed by atoms with Crippen molar-refractivity contribution in [1.82, 2.24) is 10.0 Å². The first-order valence-corrected chi connectivity index (χ1v) is 9.42. The van der Waals surface area contributed by atoms with Crippen molar-refractivity contribution < 1.29 is 22.7 Å². The van der Waals surface area contributed by atoms with Gasteiger partial charge in [-0.05, 0) is 25.0 Å². The minimum atomic E-state index is -4.63. The zero-order valence-electron chi connectivity index (χ0n) is 16.3. The number of hydrogen-bond donors (Lipinski definition) is 0. The molecule has 4 rings (SSSR count). The Balaban J connectivity index is 1.96. The maximum Gasteiger partial charge on any atom is 0.417 e. The van der Waals surface area contributed by atoms with Crippen molar-refractivity contribution in [3.63, 3.8) is 0 Å². The molecule has 150 valence electrons. The number of ether oxygens (including phenoxy) is 1. The molecule has 0 saturated carbocycles. The largest absolute Gasteiger partial charge is 0.461 e. The lowest BCUT2D eigenvalue weighted by Gasteiger charge is -2.36. The summed E-state index contributed by atoms with van der Waals surface area (Å²) >= 11 is 0. The monoisotopic (exact) mass is 392 g/mol. The van der Waals surface area contributed by atoms with Gasteiger partial charge in [-0.1, -0.05) is 44.2 Å². The fraction of sp³-hybridized carbons (Fsp3) is 0.476. The van der Waals surface area contributed by atoms with Gasteiger partial charge in [-0.3, -0.25) is 10.0 Å². The topological polar surface area (TPSA) is 32.8 Å². The highest BCUT2D eigenvalue weighted by Gasteiger charge is 2.65. The second-order valence-corrected chi connectivity index (χ2v) is 8.00. The van der Waals surface area contributed by atoms with Crippen LogP contribution in [0.5, 0.6) is 0 Å². The van der Waals surface area contributed by atoms with Gasteiger partial charge >= 0.3 is 12.1 Å². The molecule has 0 aliphatic carbocycles. The second-order valence-electron chi connectivity index (χ2n) is 8.00. The number of rotatable bonds is 3. The van der Waals surface area contributed by atoms with Crippen molar-refractivity contribution in [2.75, 3.05) is 6.61 Å². The molecule has 7 heteroatoms. The Morgan fingerprint density at radius 3 is 2.43 bits per heavy atom. The number of halogens is 3. The fourth-order valence-electron chi connectivity index (χ4n) is 4.76. The third kappa shape index (κ3) is 2.41. The zero-order valence-corrected chi connectivity index (χ0v) is 16.3. The van der Waals surface area contributed by atoms with Crippen LogP contribution in [-0.4, -0.2) is 34.8 Å². The van der Waals surface area contributed by atoms with Crippen LogP contribution >= 0.6 is 0 Å². The number of esters is 1. The Morgan fingerprint density at radius 2 is 1.86 bits per heavy atom. The Bertz CT molecular complexity index is 887. The molecule has 0 radical (unpaired) electrons. The molecule has 1 fully saturated rings. The van der Waals surface area contributed by atoms with Gasteiger partial charge in [-0.25, -0.2) is 4.79 Å². The van der Waals surface area contributed by atoms with Gasteiger partial charge in [0, 0.05) is 17.5 Å². The molecule has 1 aromatic carbocycles. The molecule has 3 heterocycles. The van der Waals surface area contributed by atoms with Gasteiger partial charge in [-0.15, -0.1) is 0 Å². The lowest BCUT2D eigenvalue weighted by molar-refractivity contribution is -0.142. The highest BCUT2D eigenvalue weighted by molar-refractivity contribution is 5.90. The summed E-state index contributed by atoms with van der Waals surface area (Å²) in [5.41, 5.74) is 0.762. The summed E-state index contributed by atoms with van der Waals surface area (Å²) in [5.74, 6) is -0.917. The molecule has 1 saturated heterocycles. The Kier molecular flexibility index (Phi) is 4.07. The summed E-state index contributed by atoms with van der Waals surface area (Å²) in [5, 5.41) is 3.23. The Morgan fingerprint density at radius 1 is 1.21 bits per heavy atom. The lowest BCUT2D eigenvalue weighted by Crippen LogP contribution is -2.42. The van der Waals surface area contributed by atoms with Gasteiger partial charge in [-0.2, -0.15) is 13.2 Å². The molecule has 3 aliphatic heterocycles. The van der Waals surface area contributed by atoms with E-state index in [1.165, 1.54) is 5.01 Å². The van der Waals surface area contributed by atoms with E-state index < -0.39 is 29.2 Å². The Hall–Kier alpha value is -2.44. The van der Waals surface area contributed by atoms with Gasteiger partial charge < -0.3 is 4.74 Å². The molecule has 0 aromatic heterocycles. The van der Waals surface area contributed by atoms with Crippen molar-refractivity contribution in [3.8, 4) is 0 Å². The van der Waals surface area contributed by atoms with E-state index in [2.05, 4.69) is 0 Å². The molecule has 3 aliphatic rings. The van der Waals surface area contributed by atoms with Crippen LogP contribution in [0.15, 0.2) is 52.9 Å². The summed E-state index contributed by atoms with van der Waals surface area (Å²) in [7, 11) is 0. The van der Waals surface area contributed by atoms with Crippen molar-refractivity contribution in [2.45, 2.75) is 52.4 Å². The highest BCUT2D eigenvalue weighted by atomic mass is 19.4. The van der Waals surface area contributed by atoms with Crippen LogP contribution in [0.2, 0.25) is 0 Å². The van der Waals surface area contributed by atoms with Gasteiger partial charge in [0.25, 0.3) is 0 Å². The molecule has 1 aromatic rings. The van der Waals surface area contributed by atoms with E-state index in [-0.39, 0.29) is 18.3 Å². The standard InChI is InChI=1S/C21H23F3N2O2/c1-5-28-19(27)17-16(21(22,23)24)18-20(3,4)12(2)14-11-15(25(17)26(14)18)13-9-7-6-8-10-13/h6-10,15,18H,5,11H2,1-4H3/t15-,18+/m0/s1. The third-order valence-electron chi connectivity index (χ3n) is 6.23. The first-order chi connectivity index (χ1) is 13.1. The number of hydrogen-bond acceptors (Lipinski definition) is 4. The maximum absolute atomic E-state index is 14.2. The molecule has 0 bridgehead atoms. The average molecular weight is 392 g/mol. The third-order valence-corrected chi connectivity index (χ3v) is 6.23. The molecular weight excluding hydrogens is 369 g/mol. The van der Waals surface area contributed by atoms with Crippen LogP contribution in [0.1, 0.15) is 45.7 Å². The summed E-state index contributed by atoms with van der Waals surface area (Å²) < 4.78 is 47.8. The number of nitrogens with zero attached hydrogens (tertiary/aromatic N) is 2. The van der Waals surface area contributed by atoms with E-state index in [9.17, 15) is 18.0 Å². The van der Waals surface area contributed by atoms with Crippen LogP contribution in [0, 0.1) is 5.41 Å². The predicted molar refractivity (Wildman–Crippen MR) is 97.5 cm³/mol. The van der Waals surface area contributed by atoms with E-state index in [1.54, 1.807) is 11.9 Å². The van der Waals surface area contributed by atoms with Crippen LogP contribution in [0.25, 0.3) is 0 Å². The predicted octanol–water partition coefficient (Wildman–Crippen LogP) is 4.73. The van der Waals surface area contributed by atoms with Crippen LogP contribution in [0.4, 0.5) is 13.2 Å². The molecule has 0 spiro atoms. The van der Waals surface area contributed by atoms with Crippen LogP contribution in [-0.2, 0) is 9.53 Å². The van der Waals surface area contributed by atoms with Gasteiger partial charge in [0.2, 0.25) is 0 Å². The Labute approximate surface area is 162 Å². The van der Waals surface area contributed by atoms with Crippen molar-refractivity contribution in [2.24, 2.45) is 5.41 Å². The van der Waals surface area contributed by atoms with E-state index >= 15 is 0 Å². The van der Waals surface area contributed by atoms with E-state index in [4.69, 9.17) is 4.74 Å². The average Bonchev–Trinajstić information content (AvgIpc) is 3.22. The summed E-state index contributed by atoms with van der Waals surface area (Å²) in [6.45, 7) is 7.14. The first kappa shape index (κ1) is 18.9. The van der Waals surface area contributed by atoms with Gasteiger partial charge in [0.15, 0.2) is 5.70 Å². The van der Waals surface area contributed by atoms with Gasteiger partial charge in [0.05, 0.1) is 24.3 Å². The molecule has 0 amide bonds. The second kappa shape index (κ2) is 6.03. The summed E-state index contributed by atoms with van der Waals surface area (Å²) in [6, 6.07) is 8.02. The minimum Gasteiger partial charge on any atom is -0.461 e. The SMILES string of the molecule is CCOC(=O)C1=C(C(F)(F)F)[C@H]2N3C(=C(C)C2(C)C)C[C@@H](c2ccccc2)N13. The first-order valence-electron chi connectivity index (χ1n) is 9.42.